The van der Waals surface area contributed by atoms with Crippen LogP contribution in [0.2, 0.25) is 5.02 Å². The molecular weight excluding hydrogens is 606 g/mol. The molecule has 2 aliphatic rings. The highest BCUT2D eigenvalue weighted by Gasteiger charge is 2.40. The van der Waals surface area contributed by atoms with Gasteiger partial charge < -0.3 is 20.3 Å². The molecular formula is C26H32ClN7O6S2. The van der Waals surface area contributed by atoms with Crippen molar-refractivity contribution in [3.8, 4) is 0 Å². The Morgan fingerprint density at radius 1 is 1.21 bits per heavy atom. The third kappa shape index (κ3) is 6.02. The molecule has 1 fully saturated rings. The van der Waals surface area contributed by atoms with Gasteiger partial charge >= 0.3 is 5.97 Å². The van der Waals surface area contributed by atoms with Gasteiger partial charge in [0.25, 0.3) is 15.9 Å². The Hall–Kier alpha value is -3.08. The summed E-state index contributed by atoms with van der Waals surface area (Å²) >= 11 is 7.38. The molecule has 1 aromatic carbocycles. The van der Waals surface area contributed by atoms with E-state index in [9.17, 15) is 22.8 Å². The summed E-state index contributed by atoms with van der Waals surface area (Å²) in [5.41, 5.74) is 1.46. The number of fused-ring (bicyclic) bond motifs is 2. The van der Waals surface area contributed by atoms with E-state index in [-0.39, 0.29) is 48.2 Å². The predicted octanol–water partition coefficient (Wildman–Crippen LogP) is 1.43. The number of thiazole rings is 1. The number of aromatic nitrogens is 2. The number of carboxylic acid groups (broad SMARTS) is 1. The molecule has 0 saturated carbocycles. The number of carboxylic acids is 1. The van der Waals surface area contributed by atoms with Gasteiger partial charge in [-0.1, -0.05) is 11.6 Å². The van der Waals surface area contributed by atoms with Gasteiger partial charge in [-0.3, -0.25) is 24.2 Å². The summed E-state index contributed by atoms with van der Waals surface area (Å²) in [6, 6.07) is 5.66. The fraction of sp³-hybridized carbons (Fsp3) is 0.462. The minimum absolute atomic E-state index is 0.00555. The Kier molecular flexibility index (Phi) is 8.60. The summed E-state index contributed by atoms with van der Waals surface area (Å²) in [5, 5.41) is 12.6. The normalized spacial score (nSPS) is 20.2. The van der Waals surface area contributed by atoms with E-state index < -0.39 is 34.5 Å². The van der Waals surface area contributed by atoms with Crippen LogP contribution in [0.1, 0.15) is 33.0 Å². The van der Waals surface area contributed by atoms with Crippen LogP contribution >= 0.6 is 22.9 Å². The third-order valence-electron chi connectivity index (χ3n) is 7.49. The lowest BCUT2D eigenvalue weighted by Gasteiger charge is -2.40. The number of carbonyl (C=O) groups is 3. The van der Waals surface area contributed by atoms with Crippen molar-refractivity contribution in [3.05, 3.63) is 44.9 Å². The molecule has 4 heterocycles. The molecule has 226 valence electrons. The molecule has 2 unspecified atom stereocenters. The van der Waals surface area contributed by atoms with Crippen LogP contribution in [0.4, 0.5) is 0 Å². The van der Waals surface area contributed by atoms with Gasteiger partial charge in [0.1, 0.15) is 11.6 Å². The molecule has 13 nitrogen and oxygen atoms in total. The molecule has 3 aromatic rings. The Bertz CT molecular complexity index is 1640. The Morgan fingerprint density at radius 2 is 1.98 bits per heavy atom. The number of nitrogens with zero attached hydrogens (tertiary/aromatic N) is 5. The second-order valence-electron chi connectivity index (χ2n) is 10.7. The lowest BCUT2D eigenvalue weighted by atomic mass is 10.1. The number of nitrogens with one attached hydrogen (secondary N) is 2. The van der Waals surface area contributed by atoms with Gasteiger partial charge in [0.2, 0.25) is 5.91 Å². The van der Waals surface area contributed by atoms with Crippen molar-refractivity contribution in [3.63, 3.8) is 0 Å². The third-order valence-corrected chi connectivity index (χ3v) is 10.6. The van der Waals surface area contributed by atoms with Gasteiger partial charge in [0.05, 0.1) is 22.8 Å². The van der Waals surface area contributed by atoms with Crippen LogP contribution < -0.4 is 5.32 Å². The van der Waals surface area contributed by atoms with E-state index in [1.807, 2.05) is 21.1 Å². The molecule has 42 heavy (non-hydrogen) atoms. The molecule has 2 aromatic heterocycles. The van der Waals surface area contributed by atoms with Crippen LogP contribution in [-0.4, -0.2) is 120 Å². The van der Waals surface area contributed by atoms with E-state index in [1.165, 1.54) is 26.6 Å². The van der Waals surface area contributed by atoms with Gasteiger partial charge in [-0.2, -0.15) is 4.31 Å². The maximum absolute atomic E-state index is 13.8. The van der Waals surface area contributed by atoms with E-state index in [0.29, 0.717) is 22.3 Å². The molecule has 0 spiro atoms. The number of aliphatic carboxylic acids is 1. The number of rotatable bonds is 8. The maximum atomic E-state index is 13.8. The number of H-pyrrole nitrogens is 1. The quantitative estimate of drug-likeness (QED) is 0.332. The molecule has 2 atom stereocenters. The summed E-state index contributed by atoms with van der Waals surface area (Å²) in [5.74, 6) is -2.20. The number of sulfonamides is 1. The Labute approximate surface area is 252 Å². The number of halogens is 1. The molecule has 3 N–H and O–H groups in total. The molecule has 0 bridgehead atoms. The highest BCUT2D eigenvalue weighted by molar-refractivity contribution is 7.89. The standard InChI is InChI=1S/C26H32ClN7O6S2/c1-31(2)25-23-19(6-7-32(25)3)30-24(41-23)26(38)34-9-8-33(14-17(34)12-20(35)28-13-22(36)37)42(39,40)21-11-15-10-16(27)4-5-18(15)29-21/h4-5,10-11,17,25,29H,6-9,12-14H2,1-3H3,(H,28,35)(H,36,37). The second-order valence-corrected chi connectivity index (χ2v) is 14.0. The lowest BCUT2D eigenvalue weighted by molar-refractivity contribution is -0.138. The zero-order chi connectivity index (χ0) is 30.3. The van der Waals surface area contributed by atoms with Crippen LogP contribution in [0.5, 0.6) is 0 Å². The molecule has 0 radical (unpaired) electrons. The largest absolute Gasteiger partial charge is 0.480 e. The fourth-order valence-corrected chi connectivity index (χ4v) is 8.49. The summed E-state index contributed by atoms with van der Waals surface area (Å²) in [6.07, 6.45) is 0.392. The first-order chi connectivity index (χ1) is 19.8. The van der Waals surface area contributed by atoms with E-state index in [1.54, 1.807) is 18.2 Å². The van der Waals surface area contributed by atoms with Crippen molar-refractivity contribution in [1.82, 2.24) is 34.3 Å². The highest BCUT2D eigenvalue weighted by atomic mass is 35.5. The SMILES string of the molecule is CN(C)C1c2sc(C(=O)N3CCN(S(=O)(=O)c4cc5cc(Cl)ccc5[nH]4)CC3CC(=O)NCC(=O)O)nc2CCN1C. The van der Waals surface area contributed by atoms with Crippen molar-refractivity contribution in [2.75, 3.05) is 53.9 Å². The van der Waals surface area contributed by atoms with Gasteiger partial charge in [-0.25, -0.2) is 13.4 Å². The molecule has 1 saturated heterocycles. The zero-order valence-corrected chi connectivity index (χ0v) is 25.7. The second kappa shape index (κ2) is 11.9. The topological polar surface area (TPSA) is 159 Å². The van der Waals surface area contributed by atoms with Crippen LogP contribution in [0.3, 0.4) is 0 Å². The molecule has 0 aliphatic carbocycles. The van der Waals surface area contributed by atoms with E-state index in [0.717, 1.165) is 17.1 Å². The van der Waals surface area contributed by atoms with Crippen LogP contribution in [-0.2, 0) is 26.0 Å². The van der Waals surface area contributed by atoms with E-state index in [4.69, 9.17) is 16.7 Å². The molecule has 5 rings (SSSR count). The van der Waals surface area contributed by atoms with Gasteiger partial charge in [-0.05, 0) is 45.4 Å². The summed E-state index contributed by atoms with van der Waals surface area (Å²) in [7, 11) is 1.92. The van der Waals surface area contributed by atoms with Gasteiger partial charge in [0, 0.05) is 54.9 Å². The first-order valence-electron chi connectivity index (χ1n) is 13.3. The van der Waals surface area contributed by atoms with Crippen LogP contribution in [0.15, 0.2) is 29.3 Å². The number of aromatic amines is 1. The molecule has 2 amide bonds. The minimum atomic E-state index is -4.02. The summed E-state index contributed by atoms with van der Waals surface area (Å²) < 4.78 is 28.6. The van der Waals surface area contributed by atoms with Crippen molar-refractivity contribution in [1.29, 1.82) is 0 Å². The minimum Gasteiger partial charge on any atom is -0.480 e. The Morgan fingerprint density at radius 3 is 2.69 bits per heavy atom. The maximum Gasteiger partial charge on any atom is 0.322 e. The smallest absolute Gasteiger partial charge is 0.322 e. The number of benzene rings is 1. The van der Waals surface area contributed by atoms with Crippen LogP contribution in [0, 0.1) is 0 Å². The van der Waals surface area contributed by atoms with Crippen molar-refractivity contribution in [2.45, 2.75) is 30.1 Å². The van der Waals surface area contributed by atoms with Crippen LogP contribution in [0.25, 0.3) is 10.9 Å². The number of likely N-dealkylation sites (N-methyl/N-ethyl adjacent to an activating group) is 1. The average Bonchev–Trinajstić information content (AvgIpc) is 3.55. The Balaban J connectivity index is 1.42. The van der Waals surface area contributed by atoms with Crippen molar-refractivity contribution < 1.29 is 27.9 Å². The summed E-state index contributed by atoms with van der Waals surface area (Å²) in [6.45, 7) is 0.0839. The monoisotopic (exact) mass is 637 g/mol. The number of hydrogen-bond acceptors (Lipinski definition) is 9. The number of piperazine rings is 1. The lowest BCUT2D eigenvalue weighted by Crippen LogP contribution is -2.57. The highest BCUT2D eigenvalue weighted by Crippen LogP contribution is 2.35. The first-order valence-corrected chi connectivity index (χ1v) is 15.9. The average molecular weight is 638 g/mol. The van der Waals surface area contributed by atoms with Gasteiger partial charge in [-0.15, -0.1) is 11.3 Å². The van der Waals surface area contributed by atoms with E-state index >= 15 is 0 Å². The molecule has 2 aliphatic heterocycles. The van der Waals surface area contributed by atoms with Crippen molar-refractivity contribution >= 4 is 61.6 Å². The number of hydrogen-bond donors (Lipinski definition) is 3. The molecule has 16 heteroatoms. The number of amides is 2. The fourth-order valence-electron chi connectivity index (χ4n) is 5.49. The van der Waals surface area contributed by atoms with Crippen molar-refractivity contribution in [2.24, 2.45) is 0 Å². The van der Waals surface area contributed by atoms with E-state index in [2.05, 4.69) is 25.1 Å². The number of carbonyl (C=O) groups excluding carboxylic acids is 2. The zero-order valence-electron chi connectivity index (χ0n) is 23.3. The summed E-state index contributed by atoms with van der Waals surface area (Å²) in [4.78, 5) is 51.8. The predicted molar refractivity (Wildman–Crippen MR) is 157 cm³/mol. The van der Waals surface area contributed by atoms with Gasteiger partial charge in [0.15, 0.2) is 5.01 Å². The first kappa shape index (κ1) is 30.4.